The molecule has 1 aromatic carbocycles. The lowest BCUT2D eigenvalue weighted by Gasteiger charge is -2.41. The van der Waals surface area contributed by atoms with Crippen LogP contribution >= 0.6 is 11.6 Å². The lowest BCUT2D eigenvalue weighted by molar-refractivity contribution is 0.0285. The fraction of sp³-hybridized carbons (Fsp3) is 0.438. The molecule has 114 valence electrons. The number of hydrogen-bond acceptors (Lipinski definition) is 2. The van der Waals surface area contributed by atoms with Crippen molar-refractivity contribution in [1.29, 1.82) is 0 Å². The second kappa shape index (κ2) is 6.58. The normalized spacial score (nSPS) is 22.1. The molecular weight excluding hydrogens is 293 g/mol. The summed E-state index contributed by atoms with van der Waals surface area (Å²) in [5.74, 6) is -0.721. The van der Waals surface area contributed by atoms with Crippen molar-refractivity contribution in [1.82, 2.24) is 4.90 Å². The van der Waals surface area contributed by atoms with Crippen molar-refractivity contribution in [3.8, 4) is 0 Å². The van der Waals surface area contributed by atoms with Gasteiger partial charge in [0.15, 0.2) is 0 Å². The van der Waals surface area contributed by atoms with Crippen molar-refractivity contribution >= 4 is 17.5 Å². The highest BCUT2D eigenvalue weighted by Crippen LogP contribution is 2.34. The molecule has 1 atom stereocenters. The van der Waals surface area contributed by atoms with Crippen LogP contribution in [0.1, 0.15) is 29.6 Å². The molecule has 0 spiro atoms. The molecule has 1 N–H and O–H groups in total. The van der Waals surface area contributed by atoms with Crippen LogP contribution in [0.4, 0.5) is 4.39 Å². The van der Waals surface area contributed by atoms with Crippen LogP contribution in [0.25, 0.3) is 0 Å². The highest BCUT2D eigenvalue weighted by Gasteiger charge is 2.36. The van der Waals surface area contributed by atoms with E-state index in [1.807, 2.05) is 0 Å². The van der Waals surface area contributed by atoms with E-state index in [0.29, 0.717) is 25.1 Å². The van der Waals surface area contributed by atoms with Crippen LogP contribution in [0.3, 0.4) is 0 Å². The Morgan fingerprint density at radius 3 is 2.95 bits per heavy atom. The Kier molecular flexibility index (Phi) is 5.01. The molecule has 1 heterocycles. The number of rotatable bonds is 4. The maximum Gasteiger partial charge on any atom is 0.253 e. The number of aliphatic hydroxyl groups excluding tert-OH is 1. The average molecular weight is 312 g/mol. The van der Waals surface area contributed by atoms with E-state index in [0.717, 1.165) is 12.8 Å². The number of amides is 1. The maximum absolute atomic E-state index is 13.2. The van der Waals surface area contributed by atoms with Gasteiger partial charge in [0.2, 0.25) is 0 Å². The summed E-state index contributed by atoms with van der Waals surface area (Å²) in [6.45, 7) is 4.85. The van der Waals surface area contributed by atoms with Crippen molar-refractivity contribution < 1.29 is 14.3 Å². The molecule has 1 fully saturated rings. The molecule has 1 amide bonds. The summed E-state index contributed by atoms with van der Waals surface area (Å²) in [7, 11) is 0. The monoisotopic (exact) mass is 311 g/mol. The number of likely N-dealkylation sites (tertiary alicyclic amines) is 1. The van der Waals surface area contributed by atoms with Crippen LogP contribution in [0, 0.1) is 11.2 Å². The van der Waals surface area contributed by atoms with Crippen molar-refractivity contribution in [3.05, 3.63) is 47.3 Å². The number of hydrogen-bond donors (Lipinski definition) is 1. The zero-order chi connectivity index (χ0) is 15.5. The van der Waals surface area contributed by atoms with Gasteiger partial charge in [0.1, 0.15) is 5.82 Å². The van der Waals surface area contributed by atoms with E-state index < -0.39 is 5.82 Å². The molecule has 1 saturated heterocycles. The first-order chi connectivity index (χ1) is 10.0. The van der Waals surface area contributed by atoms with Gasteiger partial charge in [-0.15, -0.1) is 6.58 Å². The summed E-state index contributed by atoms with van der Waals surface area (Å²) in [4.78, 5) is 14.2. The van der Waals surface area contributed by atoms with Gasteiger partial charge in [0, 0.05) is 24.1 Å². The van der Waals surface area contributed by atoms with Gasteiger partial charge in [-0.1, -0.05) is 17.7 Å². The first-order valence-electron chi connectivity index (χ1n) is 6.97. The molecular formula is C16H19ClFNO2. The smallest absolute Gasteiger partial charge is 0.253 e. The van der Waals surface area contributed by atoms with Gasteiger partial charge in [-0.05, 0) is 37.5 Å². The molecule has 0 unspecified atom stereocenters. The van der Waals surface area contributed by atoms with Crippen LogP contribution in [-0.4, -0.2) is 35.6 Å². The van der Waals surface area contributed by atoms with E-state index in [-0.39, 0.29) is 23.0 Å². The maximum atomic E-state index is 13.2. The Labute approximate surface area is 129 Å². The molecule has 1 aromatic rings. The van der Waals surface area contributed by atoms with Gasteiger partial charge in [-0.25, -0.2) is 4.39 Å². The molecule has 0 radical (unpaired) electrons. The van der Waals surface area contributed by atoms with Crippen LogP contribution in [0.2, 0.25) is 5.02 Å². The van der Waals surface area contributed by atoms with Gasteiger partial charge in [0.05, 0.1) is 11.6 Å². The first-order valence-corrected chi connectivity index (χ1v) is 7.35. The molecule has 5 heteroatoms. The molecule has 0 bridgehead atoms. The average Bonchev–Trinajstić information content (AvgIpc) is 2.50. The molecule has 21 heavy (non-hydrogen) atoms. The molecule has 0 aliphatic carbocycles. The second-order valence-electron chi connectivity index (χ2n) is 5.61. The lowest BCUT2D eigenvalue weighted by atomic mass is 9.77. The largest absolute Gasteiger partial charge is 0.396 e. The van der Waals surface area contributed by atoms with Crippen molar-refractivity contribution in [2.24, 2.45) is 5.41 Å². The highest BCUT2D eigenvalue weighted by molar-refractivity contribution is 6.31. The van der Waals surface area contributed by atoms with E-state index in [4.69, 9.17) is 11.6 Å². The summed E-state index contributed by atoms with van der Waals surface area (Å²) < 4.78 is 13.2. The summed E-state index contributed by atoms with van der Waals surface area (Å²) in [5.41, 5.74) is 0.0493. The van der Waals surface area contributed by atoms with Gasteiger partial charge in [-0.3, -0.25) is 4.79 Å². The predicted molar refractivity (Wildman–Crippen MR) is 80.9 cm³/mol. The van der Waals surface area contributed by atoms with Gasteiger partial charge in [0.25, 0.3) is 5.91 Å². The Balaban J connectivity index is 2.18. The van der Waals surface area contributed by atoms with Gasteiger partial charge < -0.3 is 10.0 Å². The Morgan fingerprint density at radius 1 is 1.57 bits per heavy atom. The number of carbonyl (C=O) groups is 1. The van der Waals surface area contributed by atoms with Gasteiger partial charge in [-0.2, -0.15) is 0 Å². The third kappa shape index (κ3) is 3.44. The number of aliphatic hydroxyl groups is 1. The second-order valence-corrected chi connectivity index (χ2v) is 6.02. The van der Waals surface area contributed by atoms with Crippen LogP contribution in [-0.2, 0) is 0 Å². The Bertz CT molecular complexity index is 549. The minimum absolute atomic E-state index is 0.0208. The Hall–Kier alpha value is -1.39. The minimum atomic E-state index is -0.539. The molecule has 0 saturated carbocycles. The summed E-state index contributed by atoms with van der Waals surface area (Å²) in [5, 5.41) is 9.61. The predicted octanol–water partition coefficient (Wildman–Crippen LogP) is 3.27. The van der Waals surface area contributed by atoms with Crippen molar-refractivity contribution in [2.75, 3.05) is 19.7 Å². The quantitative estimate of drug-likeness (QED) is 0.867. The summed E-state index contributed by atoms with van der Waals surface area (Å²) in [6, 6.07) is 3.98. The topological polar surface area (TPSA) is 40.5 Å². The van der Waals surface area contributed by atoms with E-state index in [1.54, 1.807) is 11.0 Å². The molecule has 3 nitrogen and oxygen atoms in total. The molecule has 0 aromatic heterocycles. The summed E-state index contributed by atoms with van der Waals surface area (Å²) >= 11 is 5.73. The van der Waals surface area contributed by atoms with E-state index >= 15 is 0 Å². The van der Waals surface area contributed by atoms with Crippen LogP contribution in [0.15, 0.2) is 30.9 Å². The number of allylic oxidation sites excluding steroid dienone is 1. The highest BCUT2D eigenvalue weighted by atomic mass is 35.5. The molecule has 1 aliphatic rings. The lowest BCUT2D eigenvalue weighted by Crippen LogP contribution is -2.47. The van der Waals surface area contributed by atoms with Gasteiger partial charge >= 0.3 is 0 Å². The zero-order valence-corrected chi connectivity index (χ0v) is 12.6. The van der Waals surface area contributed by atoms with Crippen molar-refractivity contribution in [2.45, 2.75) is 19.3 Å². The fourth-order valence-corrected chi connectivity index (χ4v) is 3.04. The number of nitrogens with zero attached hydrogens (tertiary/aromatic N) is 1. The van der Waals surface area contributed by atoms with Crippen LogP contribution < -0.4 is 0 Å². The molecule has 1 aliphatic heterocycles. The zero-order valence-electron chi connectivity index (χ0n) is 11.8. The van der Waals surface area contributed by atoms with E-state index in [9.17, 15) is 14.3 Å². The first kappa shape index (κ1) is 16.0. The number of benzene rings is 1. The fourth-order valence-electron chi connectivity index (χ4n) is 2.86. The van der Waals surface area contributed by atoms with E-state index in [1.165, 1.54) is 18.2 Å². The summed E-state index contributed by atoms with van der Waals surface area (Å²) in [6.07, 6.45) is 4.13. The third-order valence-corrected chi connectivity index (χ3v) is 4.32. The number of carbonyl (C=O) groups excluding carboxylic acids is 1. The van der Waals surface area contributed by atoms with Crippen molar-refractivity contribution in [3.63, 3.8) is 0 Å². The SMILES string of the molecule is C=CC[C@]1(CO)CCCN(C(=O)c2ccc(F)c(Cl)c2)C1. The molecule has 2 rings (SSSR count). The van der Waals surface area contributed by atoms with E-state index in [2.05, 4.69) is 6.58 Å². The minimum Gasteiger partial charge on any atom is -0.396 e. The Morgan fingerprint density at radius 2 is 2.33 bits per heavy atom. The van der Waals surface area contributed by atoms with Crippen LogP contribution in [0.5, 0.6) is 0 Å². The standard InChI is InChI=1S/C16H19ClFNO2/c1-2-6-16(11-20)7-3-8-19(10-16)15(21)12-4-5-14(18)13(17)9-12/h2,4-5,9,20H,1,3,6-8,10-11H2/t16-/m0/s1. The number of piperidine rings is 1. The number of halogens is 2. The third-order valence-electron chi connectivity index (χ3n) is 4.03.